The number of hydrogen-bond donors (Lipinski definition) is 1. The average Bonchev–Trinajstić information content (AvgIpc) is 2.52. The molecule has 0 atom stereocenters. The van der Waals surface area contributed by atoms with Crippen LogP contribution < -0.4 is 15.4 Å². The Hall–Kier alpha value is -1.22. The fourth-order valence-corrected chi connectivity index (χ4v) is 2.99. The highest BCUT2D eigenvalue weighted by molar-refractivity contribution is 5.61. The topological polar surface area (TPSA) is 38.5 Å². The zero-order valence-corrected chi connectivity index (χ0v) is 10.2. The van der Waals surface area contributed by atoms with Gasteiger partial charge >= 0.3 is 0 Å². The Bertz CT molecular complexity index is 395. The van der Waals surface area contributed by atoms with Crippen molar-refractivity contribution < 1.29 is 4.74 Å². The number of nitrogens with two attached hydrogens (primary N) is 1. The van der Waals surface area contributed by atoms with Crippen LogP contribution in [0.2, 0.25) is 0 Å². The van der Waals surface area contributed by atoms with E-state index in [1.807, 2.05) is 6.07 Å². The molecule has 0 aromatic heterocycles. The van der Waals surface area contributed by atoms with Crippen LogP contribution in [0.5, 0.6) is 5.75 Å². The largest absolute Gasteiger partial charge is 0.491 e. The number of anilines is 1. The van der Waals surface area contributed by atoms with E-state index in [-0.39, 0.29) is 5.54 Å². The normalized spacial score (nSPS) is 22.1. The molecule has 1 aromatic rings. The zero-order valence-electron chi connectivity index (χ0n) is 10.2. The summed E-state index contributed by atoms with van der Waals surface area (Å²) < 4.78 is 5.80. The smallest absolute Gasteiger partial charge is 0.142 e. The van der Waals surface area contributed by atoms with Crippen molar-refractivity contribution in [2.75, 3.05) is 24.6 Å². The quantitative estimate of drug-likeness (QED) is 0.849. The average molecular weight is 232 g/mol. The van der Waals surface area contributed by atoms with Crippen LogP contribution in [0.1, 0.15) is 25.7 Å². The fourth-order valence-electron chi connectivity index (χ4n) is 2.99. The Balaban J connectivity index is 1.99. The number of para-hydroxylation sites is 2. The number of ether oxygens (including phenoxy) is 1. The van der Waals surface area contributed by atoms with E-state index in [2.05, 4.69) is 23.1 Å². The molecule has 0 bridgehead atoms. The van der Waals surface area contributed by atoms with Gasteiger partial charge in [0.15, 0.2) is 0 Å². The fraction of sp³-hybridized carbons (Fsp3) is 0.571. The van der Waals surface area contributed by atoms with Crippen molar-refractivity contribution in [3.8, 4) is 5.75 Å². The van der Waals surface area contributed by atoms with Crippen molar-refractivity contribution in [2.24, 2.45) is 5.73 Å². The third-order valence-corrected chi connectivity index (χ3v) is 4.18. The van der Waals surface area contributed by atoms with E-state index in [0.29, 0.717) is 0 Å². The standard InChI is InChI=1S/C14H20N2O/c15-11-14(7-3-8-14)16-9-4-10-17-13-6-2-1-5-12(13)16/h1-2,5-6H,3-4,7-11,15H2. The van der Waals surface area contributed by atoms with Crippen LogP contribution in [-0.4, -0.2) is 25.2 Å². The zero-order chi connectivity index (χ0) is 11.7. The molecule has 0 unspecified atom stereocenters. The van der Waals surface area contributed by atoms with Gasteiger partial charge in [-0.15, -0.1) is 0 Å². The summed E-state index contributed by atoms with van der Waals surface area (Å²) >= 11 is 0. The highest BCUT2D eigenvalue weighted by Gasteiger charge is 2.42. The molecule has 0 saturated heterocycles. The first-order valence-corrected chi connectivity index (χ1v) is 6.55. The third kappa shape index (κ3) is 1.69. The minimum atomic E-state index is 0.198. The van der Waals surface area contributed by atoms with Gasteiger partial charge < -0.3 is 15.4 Å². The summed E-state index contributed by atoms with van der Waals surface area (Å²) in [5.74, 6) is 1.02. The van der Waals surface area contributed by atoms with Gasteiger partial charge in [-0.2, -0.15) is 0 Å². The number of hydrogen-bond acceptors (Lipinski definition) is 3. The molecule has 1 fully saturated rings. The Labute approximate surface area is 103 Å². The minimum absolute atomic E-state index is 0.198. The number of fused-ring (bicyclic) bond motifs is 1. The van der Waals surface area contributed by atoms with Crippen LogP contribution in [0.15, 0.2) is 24.3 Å². The second kappa shape index (κ2) is 4.22. The van der Waals surface area contributed by atoms with Gasteiger partial charge in [-0.25, -0.2) is 0 Å². The summed E-state index contributed by atoms with van der Waals surface area (Å²) in [4.78, 5) is 2.50. The summed E-state index contributed by atoms with van der Waals surface area (Å²) in [7, 11) is 0. The van der Waals surface area contributed by atoms with Gasteiger partial charge in [-0.3, -0.25) is 0 Å². The van der Waals surface area contributed by atoms with Crippen molar-refractivity contribution in [1.29, 1.82) is 0 Å². The molecule has 3 rings (SSSR count). The molecule has 1 aliphatic heterocycles. The molecule has 3 heteroatoms. The lowest BCUT2D eigenvalue weighted by molar-refractivity contribution is 0.235. The predicted molar refractivity (Wildman–Crippen MR) is 69.5 cm³/mol. The van der Waals surface area contributed by atoms with Crippen molar-refractivity contribution in [2.45, 2.75) is 31.2 Å². The third-order valence-electron chi connectivity index (χ3n) is 4.18. The second-order valence-electron chi connectivity index (χ2n) is 5.10. The molecule has 3 nitrogen and oxygen atoms in total. The highest BCUT2D eigenvalue weighted by Crippen LogP contribution is 2.43. The van der Waals surface area contributed by atoms with Crippen molar-refractivity contribution in [1.82, 2.24) is 0 Å². The van der Waals surface area contributed by atoms with E-state index in [0.717, 1.165) is 31.9 Å². The van der Waals surface area contributed by atoms with E-state index in [1.165, 1.54) is 24.9 Å². The number of nitrogens with zero attached hydrogens (tertiary/aromatic N) is 1. The van der Waals surface area contributed by atoms with E-state index in [9.17, 15) is 0 Å². The van der Waals surface area contributed by atoms with Gasteiger partial charge in [0.1, 0.15) is 5.75 Å². The first-order valence-electron chi connectivity index (χ1n) is 6.55. The molecule has 92 valence electrons. The Morgan fingerprint density at radius 3 is 2.76 bits per heavy atom. The molecule has 2 N–H and O–H groups in total. The Kier molecular flexibility index (Phi) is 2.71. The lowest BCUT2D eigenvalue weighted by Gasteiger charge is -2.50. The highest BCUT2D eigenvalue weighted by atomic mass is 16.5. The first-order chi connectivity index (χ1) is 8.36. The Morgan fingerprint density at radius 2 is 2.06 bits per heavy atom. The molecule has 0 radical (unpaired) electrons. The van der Waals surface area contributed by atoms with Crippen LogP contribution in [0, 0.1) is 0 Å². The van der Waals surface area contributed by atoms with Gasteiger partial charge in [-0.05, 0) is 37.8 Å². The molecule has 1 aliphatic carbocycles. The van der Waals surface area contributed by atoms with Gasteiger partial charge in [0.05, 0.1) is 17.8 Å². The number of benzene rings is 1. The molecule has 0 amide bonds. The van der Waals surface area contributed by atoms with Crippen LogP contribution in [-0.2, 0) is 0 Å². The van der Waals surface area contributed by atoms with Crippen LogP contribution in [0.25, 0.3) is 0 Å². The van der Waals surface area contributed by atoms with Gasteiger partial charge in [0.25, 0.3) is 0 Å². The van der Waals surface area contributed by atoms with E-state index < -0.39 is 0 Å². The molecular formula is C14H20N2O. The maximum Gasteiger partial charge on any atom is 0.142 e. The maximum atomic E-state index is 6.03. The molecule has 2 aliphatic rings. The lowest BCUT2D eigenvalue weighted by atomic mass is 9.75. The van der Waals surface area contributed by atoms with Gasteiger partial charge in [0, 0.05) is 13.1 Å². The monoisotopic (exact) mass is 232 g/mol. The SMILES string of the molecule is NCC1(N2CCCOc3ccccc32)CCC1. The van der Waals surface area contributed by atoms with Crippen LogP contribution in [0.4, 0.5) is 5.69 Å². The predicted octanol–water partition coefficient (Wildman–Crippen LogP) is 2.16. The Morgan fingerprint density at radius 1 is 1.24 bits per heavy atom. The minimum Gasteiger partial charge on any atom is -0.491 e. The van der Waals surface area contributed by atoms with Gasteiger partial charge in [-0.1, -0.05) is 12.1 Å². The van der Waals surface area contributed by atoms with Crippen molar-refractivity contribution >= 4 is 5.69 Å². The van der Waals surface area contributed by atoms with Crippen LogP contribution >= 0.6 is 0 Å². The molecule has 1 heterocycles. The summed E-state index contributed by atoms with van der Waals surface area (Å²) in [5.41, 5.74) is 7.46. The molecule has 1 aromatic carbocycles. The summed E-state index contributed by atoms with van der Waals surface area (Å²) in [6, 6.07) is 8.36. The van der Waals surface area contributed by atoms with Gasteiger partial charge in [0.2, 0.25) is 0 Å². The molecule has 0 spiro atoms. The molecule has 1 saturated carbocycles. The maximum absolute atomic E-state index is 6.03. The van der Waals surface area contributed by atoms with Crippen LogP contribution in [0.3, 0.4) is 0 Å². The molecule has 17 heavy (non-hydrogen) atoms. The molecular weight excluding hydrogens is 212 g/mol. The number of rotatable bonds is 2. The summed E-state index contributed by atoms with van der Waals surface area (Å²) in [6.07, 6.45) is 4.82. The first kappa shape index (κ1) is 10.9. The van der Waals surface area contributed by atoms with E-state index in [4.69, 9.17) is 10.5 Å². The van der Waals surface area contributed by atoms with E-state index >= 15 is 0 Å². The summed E-state index contributed by atoms with van der Waals surface area (Å²) in [6.45, 7) is 2.63. The van der Waals surface area contributed by atoms with E-state index in [1.54, 1.807) is 0 Å². The summed E-state index contributed by atoms with van der Waals surface area (Å²) in [5, 5.41) is 0. The van der Waals surface area contributed by atoms with Crippen molar-refractivity contribution in [3.63, 3.8) is 0 Å². The second-order valence-corrected chi connectivity index (χ2v) is 5.10. The van der Waals surface area contributed by atoms with Crippen molar-refractivity contribution in [3.05, 3.63) is 24.3 Å². The lowest BCUT2D eigenvalue weighted by Crippen LogP contribution is -2.59.